The van der Waals surface area contributed by atoms with Crippen molar-refractivity contribution < 1.29 is 19.5 Å². The van der Waals surface area contributed by atoms with Crippen molar-refractivity contribution in [1.82, 2.24) is 20.1 Å². The lowest BCUT2D eigenvalue weighted by atomic mass is 10.1. The number of nitrogens with one attached hydrogen (secondary N) is 1. The molecule has 1 aliphatic heterocycles. The molecule has 9 heteroatoms. The van der Waals surface area contributed by atoms with Gasteiger partial charge in [-0.25, -0.2) is 9.80 Å². The summed E-state index contributed by atoms with van der Waals surface area (Å²) in [6.45, 7) is 0. The SMILES string of the molecule is CN1N=C(C(=O)NC(C(=O)O)c2cnn(C)c2)CCC1=O. The van der Waals surface area contributed by atoms with E-state index in [1.54, 1.807) is 7.05 Å². The van der Waals surface area contributed by atoms with Crippen LogP contribution in [0.3, 0.4) is 0 Å². The van der Waals surface area contributed by atoms with Crippen molar-refractivity contribution in [2.75, 3.05) is 7.05 Å². The number of aryl methyl sites for hydroxylation is 1. The Bertz CT molecular complexity index is 621. The monoisotopic (exact) mass is 293 g/mol. The van der Waals surface area contributed by atoms with Gasteiger partial charge in [-0.3, -0.25) is 14.3 Å². The van der Waals surface area contributed by atoms with Crippen LogP contribution in [0.5, 0.6) is 0 Å². The second kappa shape index (κ2) is 5.73. The Kier molecular flexibility index (Phi) is 4.01. The molecule has 2 rings (SSSR count). The second-order valence-corrected chi connectivity index (χ2v) is 4.66. The van der Waals surface area contributed by atoms with Gasteiger partial charge >= 0.3 is 5.97 Å². The summed E-state index contributed by atoms with van der Waals surface area (Å²) >= 11 is 0. The fourth-order valence-corrected chi connectivity index (χ4v) is 1.92. The zero-order valence-corrected chi connectivity index (χ0v) is 11.6. The molecule has 2 heterocycles. The lowest BCUT2D eigenvalue weighted by molar-refractivity contribution is -0.141. The van der Waals surface area contributed by atoms with Crippen molar-refractivity contribution in [2.45, 2.75) is 18.9 Å². The smallest absolute Gasteiger partial charge is 0.331 e. The molecule has 0 saturated carbocycles. The lowest BCUT2D eigenvalue weighted by Gasteiger charge is -2.20. The third-order valence-electron chi connectivity index (χ3n) is 3.05. The molecule has 2 amide bonds. The molecule has 1 aliphatic rings. The molecule has 1 aromatic rings. The Morgan fingerprint density at radius 1 is 1.38 bits per heavy atom. The van der Waals surface area contributed by atoms with Crippen molar-refractivity contribution in [3.63, 3.8) is 0 Å². The first-order valence-corrected chi connectivity index (χ1v) is 6.24. The maximum Gasteiger partial charge on any atom is 0.331 e. The van der Waals surface area contributed by atoms with Crippen LogP contribution in [0.4, 0.5) is 0 Å². The number of aliphatic carboxylic acids is 1. The first-order chi connectivity index (χ1) is 9.88. The molecule has 0 bridgehead atoms. The van der Waals surface area contributed by atoms with Crippen LogP contribution in [0.15, 0.2) is 17.5 Å². The highest BCUT2D eigenvalue weighted by atomic mass is 16.4. The fourth-order valence-electron chi connectivity index (χ4n) is 1.92. The normalized spacial score (nSPS) is 16.4. The van der Waals surface area contributed by atoms with E-state index in [2.05, 4.69) is 15.5 Å². The van der Waals surface area contributed by atoms with E-state index in [1.807, 2.05) is 0 Å². The molecule has 1 atom stereocenters. The van der Waals surface area contributed by atoms with Crippen molar-refractivity contribution in [2.24, 2.45) is 12.1 Å². The third kappa shape index (κ3) is 3.25. The number of rotatable bonds is 4. The van der Waals surface area contributed by atoms with Gasteiger partial charge in [0.2, 0.25) is 5.91 Å². The number of carbonyl (C=O) groups excluding carboxylic acids is 2. The zero-order valence-electron chi connectivity index (χ0n) is 11.6. The van der Waals surface area contributed by atoms with E-state index in [4.69, 9.17) is 0 Å². The summed E-state index contributed by atoms with van der Waals surface area (Å²) in [7, 11) is 3.10. The third-order valence-corrected chi connectivity index (χ3v) is 3.05. The van der Waals surface area contributed by atoms with Crippen molar-refractivity contribution in [3.05, 3.63) is 18.0 Å². The van der Waals surface area contributed by atoms with Crippen molar-refractivity contribution in [1.29, 1.82) is 0 Å². The quantitative estimate of drug-likeness (QED) is 0.759. The summed E-state index contributed by atoms with van der Waals surface area (Å²) in [5.41, 5.74) is 0.492. The first kappa shape index (κ1) is 14.7. The Morgan fingerprint density at radius 2 is 2.10 bits per heavy atom. The lowest BCUT2D eigenvalue weighted by Crippen LogP contribution is -2.41. The molecule has 21 heavy (non-hydrogen) atoms. The first-order valence-electron chi connectivity index (χ1n) is 6.24. The molecule has 0 saturated heterocycles. The van der Waals surface area contributed by atoms with Gasteiger partial charge in [0.15, 0.2) is 6.04 Å². The minimum Gasteiger partial charge on any atom is -0.479 e. The van der Waals surface area contributed by atoms with Gasteiger partial charge in [-0.2, -0.15) is 10.2 Å². The number of carboxylic acid groups (broad SMARTS) is 1. The molecule has 9 nitrogen and oxygen atoms in total. The van der Waals surface area contributed by atoms with E-state index in [0.717, 1.165) is 5.01 Å². The maximum absolute atomic E-state index is 12.1. The van der Waals surface area contributed by atoms with Gasteiger partial charge in [-0.1, -0.05) is 0 Å². The van der Waals surface area contributed by atoms with E-state index < -0.39 is 17.9 Å². The van der Waals surface area contributed by atoms with Crippen molar-refractivity contribution in [3.8, 4) is 0 Å². The van der Waals surface area contributed by atoms with Crippen LogP contribution in [0.2, 0.25) is 0 Å². The fraction of sp³-hybridized carbons (Fsp3) is 0.417. The van der Waals surface area contributed by atoms with E-state index in [0.29, 0.717) is 5.56 Å². The van der Waals surface area contributed by atoms with Gasteiger partial charge < -0.3 is 10.4 Å². The van der Waals surface area contributed by atoms with Crippen LogP contribution >= 0.6 is 0 Å². The predicted octanol–water partition coefficient (Wildman–Crippen LogP) is -0.730. The van der Waals surface area contributed by atoms with Gasteiger partial charge in [-0.05, 0) is 0 Å². The topological polar surface area (TPSA) is 117 Å². The average Bonchev–Trinajstić information content (AvgIpc) is 2.84. The summed E-state index contributed by atoms with van der Waals surface area (Å²) in [6.07, 6.45) is 3.25. The molecule has 0 aliphatic carbocycles. The Morgan fingerprint density at radius 3 is 2.62 bits per heavy atom. The molecular formula is C12H15N5O4. The van der Waals surface area contributed by atoms with Gasteiger partial charge in [0, 0.05) is 38.7 Å². The number of hydrazone groups is 1. The zero-order chi connectivity index (χ0) is 15.6. The summed E-state index contributed by atoms with van der Waals surface area (Å²) in [6, 6.07) is -1.21. The van der Waals surface area contributed by atoms with Crippen LogP contribution in [0.25, 0.3) is 0 Å². The highest BCUT2D eigenvalue weighted by Crippen LogP contribution is 2.13. The molecule has 0 fully saturated rings. The molecular weight excluding hydrogens is 278 g/mol. The Balaban J connectivity index is 2.14. The summed E-state index contributed by atoms with van der Waals surface area (Å²) in [4.78, 5) is 34.7. The van der Waals surface area contributed by atoms with Crippen LogP contribution < -0.4 is 5.32 Å². The highest BCUT2D eigenvalue weighted by molar-refractivity contribution is 6.39. The number of carboxylic acids is 1. The Labute approximate surface area is 120 Å². The number of aromatic nitrogens is 2. The number of amides is 2. The largest absolute Gasteiger partial charge is 0.479 e. The van der Waals surface area contributed by atoms with E-state index in [1.165, 1.54) is 24.1 Å². The minimum absolute atomic E-state index is 0.132. The number of carbonyl (C=O) groups is 3. The van der Waals surface area contributed by atoms with Gasteiger partial charge in [0.25, 0.3) is 5.91 Å². The van der Waals surface area contributed by atoms with Crippen molar-refractivity contribution >= 4 is 23.5 Å². The molecule has 0 radical (unpaired) electrons. The van der Waals surface area contributed by atoms with Gasteiger partial charge in [0.1, 0.15) is 5.71 Å². The van der Waals surface area contributed by atoms with Gasteiger partial charge in [0.05, 0.1) is 6.20 Å². The molecule has 0 aromatic carbocycles. The number of hydrogen-bond acceptors (Lipinski definition) is 5. The van der Waals surface area contributed by atoms with E-state index in [-0.39, 0.29) is 24.5 Å². The molecule has 2 N–H and O–H groups in total. The number of nitrogens with zero attached hydrogens (tertiary/aromatic N) is 4. The van der Waals surface area contributed by atoms with Crippen LogP contribution in [-0.4, -0.2) is 50.4 Å². The average molecular weight is 293 g/mol. The minimum atomic E-state index is -1.21. The number of hydrogen-bond donors (Lipinski definition) is 2. The Hall–Kier alpha value is -2.71. The second-order valence-electron chi connectivity index (χ2n) is 4.66. The molecule has 112 valence electrons. The highest BCUT2D eigenvalue weighted by Gasteiger charge is 2.28. The molecule has 0 spiro atoms. The molecule has 1 unspecified atom stereocenters. The van der Waals surface area contributed by atoms with E-state index in [9.17, 15) is 19.5 Å². The predicted molar refractivity (Wildman–Crippen MR) is 71.2 cm³/mol. The summed E-state index contributed by atoms with van der Waals surface area (Å²) < 4.78 is 1.45. The standard InChI is InChI=1S/C12H15N5O4/c1-16-6-7(5-13-16)10(12(20)21)14-11(19)8-3-4-9(18)17(2)15-8/h5-6,10H,3-4H2,1-2H3,(H,14,19)(H,20,21). The van der Waals surface area contributed by atoms with Crippen LogP contribution in [0.1, 0.15) is 24.4 Å². The maximum atomic E-state index is 12.1. The van der Waals surface area contributed by atoms with Crippen LogP contribution in [0, 0.1) is 0 Å². The van der Waals surface area contributed by atoms with Gasteiger partial charge in [-0.15, -0.1) is 0 Å². The summed E-state index contributed by atoms with van der Waals surface area (Å²) in [5, 5.41) is 20.4. The molecule has 1 aromatic heterocycles. The van der Waals surface area contributed by atoms with Crippen LogP contribution in [-0.2, 0) is 21.4 Å². The summed E-state index contributed by atoms with van der Waals surface area (Å²) in [5.74, 6) is -1.99. The van der Waals surface area contributed by atoms with E-state index >= 15 is 0 Å².